The van der Waals surface area contributed by atoms with Gasteiger partial charge in [0.25, 0.3) is 5.91 Å². The van der Waals surface area contributed by atoms with Gasteiger partial charge in [-0.15, -0.1) is 0 Å². The van der Waals surface area contributed by atoms with E-state index in [1.54, 1.807) is 0 Å². The summed E-state index contributed by atoms with van der Waals surface area (Å²) in [7, 11) is 0. The van der Waals surface area contributed by atoms with Gasteiger partial charge in [0.15, 0.2) is 0 Å². The first-order chi connectivity index (χ1) is 16.6. The Bertz CT molecular complexity index is 1120. The summed E-state index contributed by atoms with van der Waals surface area (Å²) in [6.45, 7) is 5.86. The van der Waals surface area contributed by atoms with Crippen molar-refractivity contribution >= 4 is 28.4 Å². The number of hydrogen-bond donors (Lipinski definition) is 2. The van der Waals surface area contributed by atoms with E-state index < -0.39 is 0 Å². The number of para-hydroxylation sites is 1. The molecule has 4 rings (SSSR count). The van der Waals surface area contributed by atoms with Crippen LogP contribution in [0.3, 0.4) is 0 Å². The highest BCUT2D eigenvalue weighted by Crippen LogP contribution is 2.26. The van der Waals surface area contributed by atoms with Crippen LogP contribution in [0, 0.1) is 0 Å². The number of likely N-dealkylation sites (tertiary alicyclic amines) is 1. The molecule has 1 saturated heterocycles. The zero-order chi connectivity index (χ0) is 23.8. The number of pyridine rings is 1. The molecular formula is C28H34N4O2. The molecule has 2 aromatic carbocycles. The van der Waals surface area contributed by atoms with E-state index >= 15 is 0 Å². The Kier molecular flexibility index (Phi) is 8.26. The summed E-state index contributed by atoms with van der Waals surface area (Å²) in [6.07, 6.45) is 6.62. The van der Waals surface area contributed by atoms with Gasteiger partial charge in [0.2, 0.25) is 5.91 Å². The molecule has 0 unspecified atom stereocenters. The fraction of sp³-hybridized carbons (Fsp3) is 0.393. The topological polar surface area (TPSA) is 74.3 Å². The van der Waals surface area contributed by atoms with E-state index in [0.717, 1.165) is 40.8 Å². The Labute approximate surface area is 201 Å². The van der Waals surface area contributed by atoms with E-state index in [0.29, 0.717) is 18.5 Å². The molecule has 0 bridgehead atoms. The van der Waals surface area contributed by atoms with Crippen LogP contribution in [-0.4, -0.2) is 47.9 Å². The van der Waals surface area contributed by atoms with Gasteiger partial charge in [-0.2, -0.15) is 0 Å². The summed E-state index contributed by atoms with van der Waals surface area (Å²) in [5, 5.41) is 6.83. The van der Waals surface area contributed by atoms with Gasteiger partial charge in [0.05, 0.1) is 16.8 Å². The number of aromatic nitrogens is 1. The number of carbonyl (C=O) groups excluding carboxylic acids is 2. The Balaban J connectivity index is 1.47. The molecule has 0 spiro atoms. The maximum Gasteiger partial charge on any atom is 0.252 e. The highest BCUT2D eigenvalue weighted by atomic mass is 16.2. The number of carbonyl (C=O) groups is 2. The van der Waals surface area contributed by atoms with Crippen LogP contribution in [0.15, 0.2) is 54.6 Å². The first-order valence-electron chi connectivity index (χ1n) is 12.4. The largest absolute Gasteiger partial charge is 0.352 e. The van der Waals surface area contributed by atoms with Gasteiger partial charge >= 0.3 is 0 Å². The normalized spacial score (nSPS) is 14.5. The second kappa shape index (κ2) is 11.7. The monoisotopic (exact) mass is 458 g/mol. The van der Waals surface area contributed by atoms with Crippen LogP contribution in [-0.2, 0) is 4.79 Å². The van der Waals surface area contributed by atoms with Crippen LogP contribution in [0.25, 0.3) is 22.2 Å². The maximum atomic E-state index is 13.2. The van der Waals surface area contributed by atoms with E-state index in [1.165, 1.54) is 38.8 Å². The zero-order valence-electron chi connectivity index (χ0n) is 20.0. The lowest BCUT2D eigenvalue weighted by Crippen LogP contribution is -2.30. The highest BCUT2D eigenvalue weighted by Gasteiger charge is 2.14. The quantitative estimate of drug-likeness (QED) is 0.452. The SMILES string of the molecule is CCC(=O)Nc1ccc(-c2cc(C(=O)NCCCN3CCCCCC3)c3ccccc3n2)cc1. The number of hydrogen-bond acceptors (Lipinski definition) is 4. The van der Waals surface area contributed by atoms with E-state index in [9.17, 15) is 9.59 Å². The van der Waals surface area contributed by atoms with Crippen LogP contribution in [0.5, 0.6) is 0 Å². The van der Waals surface area contributed by atoms with Crippen molar-refractivity contribution in [2.75, 3.05) is 31.5 Å². The average Bonchev–Trinajstić information content (AvgIpc) is 3.15. The Morgan fingerprint density at radius 3 is 2.44 bits per heavy atom. The molecule has 1 aliphatic rings. The third-order valence-corrected chi connectivity index (χ3v) is 6.38. The number of nitrogens with zero attached hydrogens (tertiary/aromatic N) is 2. The van der Waals surface area contributed by atoms with Gasteiger partial charge in [0.1, 0.15) is 0 Å². The minimum atomic E-state index is -0.0671. The molecule has 3 aromatic rings. The maximum absolute atomic E-state index is 13.2. The van der Waals surface area contributed by atoms with Crippen molar-refractivity contribution in [1.82, 2.24) is 15.2 Å². The van der Waals surface area contributed by atoms with Gasteiger partial charge in [-0.25, -0.2) is 4.98 Å². The lowest BCUT2D eigenvalue weighted by Gasteiger charge is -2.19. The van der Waals surface area contributed by atoms with Crippen molar-refractivity contribution in [1.29, 1.82) is 0 Å². The molecule has 6 heteroatoms. The van der Waals surface area contributed by atoms with Crippen LogP contribution in [0.1, 0.15) is 55.8 Å². The predicted molar refractivity (Wildman–Crippen MR) is 138 cm³/mol. The Morgan fingerprint density at radius 1 is 0.971 bits per heavy atom. The molecule has 0 aliphatic carbocycles. The predicted octanol–water partition coefficient (Wildman–Crippen LogP) is 5.25. The first kappa shape index (κ1) is 23.9. The number of nitrogens with one attached hydrogen (secondary N) is 2. The average molecular weight is 459 g/mol. The number of fused-ring (bicyclic) bond motifs is 1. The molecule has 34 heavy (non-hydrogen) atoms. The van der Waals surface area contributed by atoms with Crippen molar-refractivity contribution in [2.24, 2.45) is 0 Å². The van der Waals surface area contributed by atoms with Crippen molar-refractivity contribution in [3.8, 4) is 11.3 Å². The molecule has 0 radical (unpaired) electrons. The lowest BCUT2D eigenvalue weighted by atomic mass is 10.0. The number of anilines is 1. The fourth-order valence-electron chi connectivity index (χ4n) is 4.44. The molecule has 2 N–H and O–H groups in total. The van der Waals surface area contributed by atoms with E-state index in [1.807, 2.05) is 61.5 Å². The number of rotatable bonds is 8. The van der Waals surface area contributed by atoms with Crippen molar-refractivity contribution in [2.45, 2.75) is 45.4 Å². The van der Waals surface area contributed by atoms with Gasteiger partial charge in [-0.1, -0.05) is 50.1 Å². The molecule has 0 atom stereocenters. The molecule has 2 heterocycles. The number of benzene rings is 2. The molecule has 0 saturated carbocycles. The summed E-state index contributed by atoms with van der Waals surface area (Å²) in [5.41, 5.74) is 3.81. The van der Waals surface area contributed by atoms with Gasteiger partial charge in [0, 0.05) is 29.6 Å². The first-order valence-corrected chi connectivity index (χ1v) is 12.4. The minimum Gasteiger partial charge on any atom is -0.352 e. The second-order valence-corrected chi connectivity index (χ2v) is 8.92. The van der Waals surface area contributed by atoms with Crippen LogP contribution >= 0.6 is 0 Å². The molecule has 178 valence electrons. The minimum absolute atomic E-state index is 0.0219. The van der Waals surface area contributed by atoms with Crippen molar-refractivity contribution < 1.29 is 9.59 Å². The van der Waals surface area contributed by atoms with Crippen LogP contribution in [0.4, 0.5) is 5.69 Å². The molecule has 6 nitrogen and oxygen atoms in total. The van der Waals surface area contributed by atoms with E-state index in [2.05, 4.69) is 15.5 Å². The van der Waals surface area contributed by atoms with Crippen molar-refractivity contribution in [3.63, 3.8) is 0 Å². The van der Waals surface area contributed by atoms with Gasteiger partial charge in [-0.05, 0) is 63.2 Å². The van der Waals surface area contributed by atoms with Crippen LogP contribution in [0.2, 0.25) is 0 Å². The fourth-order valence-corrected chi connectivity index (χ4v) is 4.44. The smallest absolute Gasteiger partial charge is 0.252 e. The summed E-state index contributed by atoms with van der Waals surface area (Å²) in [6, 6.07) is 17.2. The summed E-state index contributed by atoms with van der Waals surface area (Å²) in [5.74, 6) is -0.0890. The summed E-state index contributed by atoms with van der Waals surface area (Å²) in [4.78, 5) is 32.1. The van der Waals surface area contributed by atoms with E-state index in [-0.39, 0.29) is 11.8 Å². The second-order valence-electron chi connectivity index (χ2n) is 8.92. The Morgan fingerprint density at radius 2 is 1.71 bits per heavy atom. The molecule has 1 aromatic heterocycles. The summed E-state index contributed by atoms with van der Waals surface area (Å²) >= 11 is 0. The lowest BCUT2D eigenvalue weighted by molar-refractivity contribution is -0.115. The molecular weight excluding hydrogens is 424 g/mol. The highest BCUT2D eigenvalue weighted by molar-refractivity contribution is 6.07. The number of amides is 2. The third kappa shape index (κ3) is 6.20. The Hall–Kier alpha value is -3.25. The molecule has 2 amide bonds. The van der Waals surface area contributed by atoms with Crippen LogP contribution < -0.4 is 10.6 Å². The standard InChI is InChI=1S/C28H34N4O2/c1-2-27(33)30-22-14-12-21(13-15-22)26-20-24(23-10-5-6-11-25(23)31-26)28(34)29-16-9-19-32-17-7-3-4-8-18-32/h5-6,10-15,20H,2-4,7-9,16-19H2,1H3,(H,29,34)(H,30,33). The van der Waals surface area contributed by atoms with Gasteiger partial charge < -0.3 is 15.5 Å². The zero-order valence-corrected chi connectivity index (χ0v) is 20.0. The molecule has 1 fully saturated rings. The third-order valence-electron chi connectivity index (χ3n) is 6.38. The van der Waals surface area contributed by atoms with Crippen molar-refractivity contribution in [3.05, 3.63) is 60.2 Å². The van der Waals surface area contributed by atoms with E-state index in [4.69, 9.17) is 4.98 Å². The summed E-state index contributed by atoms with van der Waals surface area (Å²) < 4.78 is 0. The van der Waals surface area contributed by atoms with Gasteiger partial charge in [-0.3, -0.25) is 9.59 Å². The molecule has 1 aliphatic heterocycles.